The molecule has 104 valence electrons. The molecule has 0 spiro atoms. The molecule has 0 aliphatic heterocycles. The monoisotopic (exact) mass is 290 g/mol. The fraction of sp³-hybridized carbons (Fsp3) is 0.357. The molecule has 1 aromatic heterocycles. The number of carbonyl (C=O) groups excluding carboxylic acids is 1. The van der Waals surface area contributed by atoms with E-state index >= 15 is 0 Å². The lowest BCUT2D eigenvalue weighted by molar-refractivity contribution is -0.118. The smallest absolute Gasteiger partial charge is 0.216 e. The van der Waals surface area contributed by atoms with Crippen LogP contribution >= 0.6 is 11.6 Å². The first-order chi connectivity index (χ1) is 9.52. The number of benzene rings is 1. The highest BCUT2D eigenvalue weighted by Crippen LogP contribution is 2.25. The Bertz CT molecular complexity index is 684. The van der Waals surface area contributed by atoms with Gasteiger partial charge in [0, 0.05) is 20.0 Å². The minimum Gasteiger partial charge on any atom is -0.355 e. The highest BCUT2D eigenvalue weighted by atomic mass is 35.5. The molecule has 0 bridgehead atoms. The van der Waals surface area contributed by atoms with Gasteiger partial charge in [-0.3, -0.25) is 4.79 Å². The SMILES string of the molecule is CC(=O)NCCn1c(C(C)Cl)nc2ccc(C#N)cc21. The molecule has 5 nitrogen and oxygen atoms in total. The number of nitriles is 1. The highest BCUT2D eigenvalue weighted by molar-refractivity contribution is 6.20. The van der Waals surface area contributed by atoms with Gasteiger partial charge in [0.15, 0.2) is 0 Å². The lowest BCUT2D eigenvalue weighted by Gasteiger charge is -2.10. The molecular formula is C14H15ClN4O. The molecule has 1 atom stereocenters. The summed E-state index contributed by atoms with van der Waals surface area (Å²) in [6, 6.07) is 7.45. The van der Waals surface area contributed by atoms with Gasteiger partial charge in [0.2, 0.25) is 5.91 Å². The van der Waals surface area contributed by atoms with Gasteiger partial charge in [0.25, 0.3) is 0 Å². The van der Waals surface area contributed by atoms with Crippen LogP contribution in [0.5, 0.6) is 0 Å². The van der Waals surface area contributed by atoms with Crippen molar-refractivity contribution in [2.45, 2.75) is 25.8 Å². The second-order valence-electron chi connectivity index (χ2n) is 4.54. The molecule has 0 saturated carbocycles. The molecule has 0 aliphatic rings. The first kappa shape index (κ1) is 14.4. The number of nitrogens with zero attached hydrogens (tertiary/aromatic N) is 3. The summed E-state index contributed by atoms with van der Waals surface area (Å²) < 4.78 is 1.95. The fourth-order valence-electron chi connectivity index (χ4n) is 2.09. The Labute approximate surface area is 122 Å². The van der Waals surface area contributed by atoms with Crippen molar-refractivity contribution in [2.75, 3.05) is 6.54 Å². The number of imidazole rings is 1. The van der Waals surface area contributed by atoms with E-state index in [1.807, 2.05) is 17.6 Å². The molecule has 1 amide bonds. The van der Waals surface area contributed by atoms with E-state index in [0.717, 1.165) is 16.9 Å². The zero-order valence-corrected chi connectivity index (χ0v) is 12.1. The van der Waals surface area contributed by atoms with Crippen molar-refractivity contribution in [2.24, 2.45) is 0 Å². The summed E-state index contributed by atoms with van der Waals surface area (Å²) in [5.41, 5.74) is 2.23. The number of alkyl halides is 1. The third-order valence-corrected chi connectivity index (χ3v) is 3.17. The molecular weight excluding hydrogens is 276 g/mol. The summed E-state index contributed by atoms with van der Waals surface area (Å²) in [5.74, 6) is 0.662. The Morgan fingerprint density at radius 1 is 1.60 bits per heavy atom. The molecule has 0 saturated heterocycles. The molecule has 1 unspecified atom stereocenters. The maximum absolute atomic E-state index is 10.9. The summed E-state index contributed by atoms with van der Waals surface area (Å²) in [5, 5.41) is 11.5. The van der Waals surface area contributed by atoms with E-state index in [1.165, 1.54) is 6.92 Å². The Hall–Kier alpha value is -2.06. The van der Waals surface area contributed by atoms with Crippen LogP contribution in [-0.4, -0.2) is 22.0 Å². The van der Waals surface area contributed by atoms with Gasteiger partial charge in [0.05, 0.1) is 28.0 Å². The van der Waals surface area contributed by atoms with Crippen molar-refractivity contribution in [3.05, 3.63) is 29.6 Å². The van der Waals surface area contributed by atoms with Crippen LogP contribution in [-0.2, 0) is 11.3 Å². The van der Waals surface area contributed by atoms with Gasteiger partial charge in [0.1, 0.15) is 5.82 Å². The van der Waals surface area contributed by atoms with Gasteiger partial charge in [-0.2, -0.15) is 5.26 Å². The average molecular weight is 291 g/mol. The molecule has 20 heavy (non-hydrogen) atoms. The summed E-state index contributed by atoms with van der Waals surface area (Å²) in [6.45, 7) is 4.39. The summed E-state index contributed by atoms with van der Waals surface area (Å²) in [7, 11) is 0. The van der Waals surface area contributed by atoms with E-state index < -0.39 is 0 Å². The topological polar surface area (TPSA) is 70.7 Å². The molecule has 1 N–H and O–H groups in total. The normalized spacial score (nSPS) is 12.1. The average Bonchev–Trinajstić information content (AvgIpc) is 2.76. The largest absolute Gasteiger partial charge is 0.355 e. The Kier molecular flexibility index (Phi) is 4.26. The zero-order chi connectivity index (χ0) is 14.7. The molecule has 0 aliphatic carbocycles. The first-order valence-corrected chi connectivity index (χ1v) is 6.75. The zero-order valence-electron chi connectivity index (χ0n) is 11.4. The van der Waals surface area contributed by atoms with Crippen LogP contribution in [0.25, 0.3) is 11.0 Å². The van der Waals surface area contributed by atoms with Crippen molar-refractivity contribution < 1.29 is 4.79 Å². The second kappa shape index (κ2) is 5.93. The third kappa shape index (κ3) is 2.91. The van der Waals surface area contributed by atoms with E-state index in [4.69, 9.17) is 16.9 Å². The Morgan fingerprint density at radius 2 is 2.35 bits per heavy atom. The Morgan fingerprint density at radius 3 is 2.95 bits per heavy atom. The molecule has 1 aromatic carbocycles. The number of carbonyl (C=O) groups is 1. The van der Waals surface area contributed by atoms with Crippen molar-refractivity contribution >= 4 is 28.5 Å². The number of amides is 1. The van der Waals surface area contributed by atoms with E-state index in [0.29, 0.717) is 18.7 Å². The van der Waals surface area contributed by atoms with Crippen LogP contribution in [0.4, 0.5) is 0 Å². The minimum absolute atomic E-state index is 0.0763. The number of nitrogens with one attached hydrogen (secondary N) is 1. The number of halogens is 1. The van der Waals surface area contributed by atoms with Crippen LogP contribution in [0.1, 0.15) is 30.6 Å². The first-order valence-electron chi connectivity index (χ1n) is 6.31. The van der Waals surface area contributed by atoms with Gasteiger partial charge in [-0.15, -0.1) is 11.6 Å². The van der Waals surface area contributed by atoms with Crippen LogP contribution in [0.15, 0.2) is 18.2 Å². The van der Waals surface area contributed by atoms with Crippen LogP contribution in [0, 0.1) is 11.3 Å². The molecule has 2 aromatic rings. The van der Waals surface area contributed by atoms with E-state index in [1.54, 1.807) is 12.1 Å². The number of hydrogen-bond acceptors (Lipinski definition) is 3. The standard InChI is InChI=1S/C14H15ClN4O/c1-9(15)14-18-12-4-3-11(8-16)7-13(12)19(14)6-5-17-10(2)20/h3-4,7,9H,5-6H2,1-2H3,(H,17,20). The molecule has 2 rings (SSSR count). The van der Waals surface area contributed by atoms with Gasteiger partial charge in [-0.05, 0) is 25.1 Å². The van der Waals surface area contributed by atoms with E-state index in [-0.39, 0.29) is 11.3 Å². The van der Waals surface area contributed by atoms with Crippen molar-refractivity contribution in [3.63, 3.8) is 0 Å². The second-order valence-corrected chi connectivity index (χ2v) is 5.19. The van der Waals surface area contributed by atoms with Gasteiger partial charge in [-0.25, -0.2) is 4.98 Å². The maximum atomic E-state index is 10.9. The maximum Gasteiger partial charge on any atom is 0.216 e. The van der Waals surface area contributed by atoms with Crippen LogP contribution < -0.4 is 5.32 Å². The summed E-state index contributed by atoms with van der Waals surface area (Å²) >= 11 is 6.16. The Balaban J connectivity index is 2.44. The number of aromatic nitrogens is 2. The van der Waals surface area contributed by atoms with Crippen LogP contribution in [0.2, 0.25) is 0 Å². The number of rotatable bonds is 4. The van der Waals surface area contributed by atoms with Crippen LogP contribution in [0.3, 0.4) is 0 Å². The van der Waals surface area contributed by atoms with Crippen molar-refractivity contribution in [3.8, 4) is 6.07 Å². The fourth-order valence-corrected chi connectivity index (χ4v) is 2.26. The number of fused-ring (bicyclic) bond motifs is 1. The molecule has 0 radical (unpaired) electrons. The molecule has 0 fully saturated rings. The van der Waals surface area contributed by atoms with Gasteiger partial charge in [-0.1, -0.05) is 0 Å². The minimum atomic E-state index is -0.245. The third-order valence-electron chi connectivity index (χ3n) is 2.97. The predicted octanol–water partition coefficient (Wildman–Crippen LogP) is 2.34. The van der Waals surface area contributed by atoms with Gasteiger partial charge >= 0.3 is 0 Å². The van der Waals surface area contributed by atoms with E-state index in [9.17, 15) is 4.79 Å². The lowest BCUT2D eigenvalue weighted by Crippen LogP contribution is -2.25. The molecule has 6 heteroatoms. The van der Waals surface area contributed by atoms with Crippen molar-refractivity contribution in [1.82, 2.24) is 14.9 Å². The highest BCUT2D eigenvalue weighted by Gasteiger charge is 2.15. The number of hydrogen-bond donors (Lipinski definition) is 1. The predicted molar refractivity (Wildman–Crippen MR) is 77.4 cm³/mol. The summed E-state index contributed by atoms with van der Waals surface area (Å²) in [6.07, 6.45) is 0. The van der Waals surface area contributed by atoms with Gasteiger partial charge < -0.3 is 9.88 Å². The lowest BCUT2D eigenvalue weighted by atomic mass is 10.2. The quantitative estimate of drug-likeness (QED) is 0.879. The van der Waals surface area contributed by atoms with Crippen molar-refractivity contribution in [1.29, 1.82) is 5.26 Å². The summed E-state index contributed by atoms with van der Waals surface area (Å²) in [4.78, 5) is 15.4. The molecule has 1 heterocycles. The van der Waals surface area contributed by atoms with E-state index in [2.05, 4.69) is 16.4 Å².